The predicted molar refractivity (Wildman–Crippen MR) is 66.3 cm³/mol. The molecule has 7 heteroatoms. The van der Waals surface area contributed by atoms with Crippen molar-refractivity contribution in [2.24, 2.45) is 0 Å². The second kappa shape index (κ2) is 5.97. The minimum atomic E-state index is -0.663. The van der Waals surface area contributed by atoms with Gasteiger partial charge in [0.1, 0.15) is 11.3 Å². The minimum absolute atomic E-state index is 0.0348. The Morgan fingerprint density at radius 3 is 2.83 bits per heavy atom. The van der Waals surface area contributed by atoms with Crippen LogP contribution >= 0.6 is 0 Å². The zero-order valence-electron chi connectivity index (χ0n) is 10.2. The van der Waals surface area contributed by atoms with Crippen LogP contribution in [0.15, 0.2) is 18.2 Å². The van der Waals surface area contributed by atoms with Gasteiger partial charge in [0.25, 0.3) is 5.91 Å². The molecule has 1 rings (SSSR count). The van der Waals surface area contributed by atoms with Gasteiger partial charge in [-0.3, -0.25) is 14.9 Å². The van der Waals surface area contributed by atoms with Crippen molar-refractivity contribution in [1.29, 1.82) is 0 Å². The number of nitrogens with two attached hydrogens (primary N) is 1. The first kappa shape index (κ1) is 13.9. The molecule has 0 aliphatic carbocycles. The van der Waals surface area contributed by atoms with Gasteiger partial charge in [0.15, 0.2) is 0 Å². The van der Waals surface area contributed by atoms with E-state index in [4.69, 9.17) is 10.5 Å². The highest BCUT2D eigenvalue weighted by Gasteiger charge is 2.23. The zero-order valence-corrected chi connectivity index (χ0v) is 10.2. The number of carbonyl (C=O) groups excluding carboxylic acids is 1. The quantitative estimate of drug-likeness (QED) is 0.461. The third-order valence-electron chi connectivity index (χ3n) is 2.45. The average Bonchev–Trinajstić information content (AvgIpc) is 2.34. The standard InChI is InChI=1S/C11H15N3O4/c1-7(18-2)6-13-11(15)8-4-3-5-9(12)10(8)14(16)17/h3-5,7H,6,12H2,1-2H3,(H,13,15). The monoisotopic (exact) mass is 253 g/mol. The van der Waals surface area contributed by atoms with Gasteiger partial charge < -0.3 is 15.8 Å². The van der Waals surface area contributed by atoms with Crippen molar-refractivity contribution >= 4 is 17.3 Å². The number of carbonyl (C=O) groups is 1. The fraction of sp³-hybridized carbons (Fsp3) is 0.364. The molecule has 0 spiro atoms. The number of amides is 1. The van der Waals surface area contributed by atoms with E-state index in [0.717, 1.165) is 0 Å². The Kier molecular flexibility index (Phi) is 4.61. The third-order valence-corrected chi connectivity index (χ3v) is 2.45. The lowest BCUT2D eigenvalue weighted by atomic mass is 10.1. The van der Waals surface area contributed by atoms with Crippen molar-refractivity contribution in [1.82, 2.24) is 5.32 Å². The lowest BCUT2D eigenvalue weighted by Gasteiger charge is -2.11. The molecule has 1 atom stereocenters. The molecule has 1 aromatic rings. The molecule has 1 amide bonds. The van der Waals surface area contributed by atoms with Crippen molar-refractivity contribution in [3.63, 3.8) is 0 Å². The molecule has 7 nitrogen and oxygen atoms in total. The van der Waals surface area contributed by atoms with E-state index in [1.54, 1.807) is 6.92 Å². The van der Waals surface area contributed by atoms with Crippen LogP contribution in [0, 0.1) is 10.1 Å². The maximum absolute atomic E-state index is 11.8. The lowest BCUT2D eigenvalue weighted by molar-refractivity contribution is -0.384. The number of nitrogens with one attached hydrogen (secondary N) is 1. The summed E-state index contributed by atoms with van der Waals surface area (Å²) >= 11 is 0. The molecular formula is C11H15N3O4. The molecule has 3 N–H and O–H groups in total. The SMILES string of the molecule is COC(C)CNC(=O)c1cccc(N)c1[N+](=O)[O-]. The normalized spacial score (nSPS) is 11.9. The maximum atomic E-state index is 11.8. The molecule has 98 valence electrons. The Hall–Kier alpha value is -2.15. The highest BCUT2D eigenvalue weighted by molar-refractivity contribution is 6.00. The highest BCUT2D eigenvalue weighted by atomic mass is 16.6. The van der Waals surface area contributed by atoms with Crippen molar-refractivity contribution < 1.29 is 14.5 Å². The number of nitro benzene ring substituents is 1. The predicted octanol–water partition coefficient (Wildman–Crippen LogP) is 0.942. The summed E-state index contributed by atoms with van der Waals surface area (Å²) in [6.07, 6.45) is -0.172. The summed E-state index contributed by atoms with van der Waals surface area (Å²) in [6.45, 7) is 2.04. The van der Waals surface area contributed by atoms with Crippen LogP contribution in [0.25, 0.3) is 0 Å². The summed E-state index contributed by atoms with van der Waals surface area (Å²) < 4.78 is 4.96. The summed E-state index contributed by atoms with van der Waals surface area (Å²) in [5, 5.41) is 13.4. The third kappa shape index (κ3) is 3.17. The van der Waals surface area contributed by atoms with E-state index in [9.17, 15) is 14.9 Å². The maximum Gasteiger partial charge on any atom is 0.304 e. The van der Waals surface area contributed by atoms with E-state index in [2.05, 4.69) is 5.32 Å². The Morgan fingerprint density at radius 1 is 1.61 bits per heavy atom. The van der Waals surface area contributed by atoms with Crippen LogP contribution in [-0.2, 0) is 4.74 Å². The molecule has 0 saturated carbocycles. The van der Waals surface area contributed by atoms with E-state index < -0.39 is 10.8 Å². The molecule has 0 radical (unpaired) electrons. The average molecular weight is 253 g/mol. The summed E-state index contributed by atoms with van der Waals surface area (Å²) in [7, 11) is 1.51. The van der Waals surface area contributed by atoms with Crippen LogP contribution in [0.5, 0.6) is 0 Å². The van der Waals surface area contributed by atoms with Crippen LogP contribution in [-0.4, -0.2) is 30.6 Å². The van der Waals surface area contributed by atoms with Crippen LogP contribution < -0.4 is 11.1 Å². The molecule has 0 bridgehead atoms. The molecule has 0 aliphatic heterocycles. The first-order valence-electron chi connectivity index (χ1n) is 5.31. The van der Waals surface area contributed by atoms with Crippen LogP contribution in [0.2, 0.25) is 0 Å². The highest BCUT2D eigenvalue weighted by Crippen LogP contribution is 2.25. The summed E-state index contributed by atoms with van der Waals surface area (Å²) in [4.78, 5) is 22.0. The molecule has 0 aromatic heterocycles. The van der Waals surface area contributed by atoms with E-state index >= 15 is 0 Å². The Bertz CT molecular complexity index is 462. The van der Waals surface area contributed by atoms with Crippen molar-refractivity contribution in [3.8, 4) is 0 Å². The van der Waals surface area contributed by atoms with Gasteiger partial charge in [-0.05, 0) is 19.1 Å². The molecule has 0 heterocycles. The largest absolute Gasteiger partial charge is 0.393 e. The Balaban J connectivity index is 2.92. The summed E-state index contributed by atoms with van der Waals surface area (Å²) in [5.41, 5.74) is 5.03. The fourth-order valence-electron chi connectivity index (χ4n) is 1.36. The molecule has 1 aromatic carbocycles. The summed E-state index contributed by atoms with van der Waals surface area (Å²) in [5.74, 6) is -0.544. The number of benzene rings is 1. The van der Waals surface area contributed by atoms with Gasteiger partial charge >= 0.3 is 5.69 Å². The smallest absolute Gasteiger partial charge is 0.304 e. The number of nitro groups is 1. The second-order valence-corrected chi connectivity index (χ2v) is 3.76. The van der Waals surface area contributed by atoms with Gasteiger partial charge in [-0.1, -0.05) is 6.07 Å². The molecule has 0 aliphatic rings. The van der Waals surface area contributed by atoms with E-state index in [1.165, 1.54) is 25.3 Å². The minimum Gasteiger partial charge on any atom is -0.393 e. The van der Waals surface area contributed by atoms with Gasteiger partial charge in [0.2, 0.25) is 0 Å². The van der Waals surface area contributed by atoms with Gasteiger partial charge in [-0.2, -0.15) is 0 Å². The first-order valence-corrected chi connectivity index (χ1v) is 5.31. The van der Waals surface area contributed by atoms with E-state index in [0.29, 0.717) is 0 Å². The number of para-hydroxylation sites is 1. The van der Waals surface area contributed by atoms with Crippen LogP contribution in [0.4, 0.5) is 11.4 Å². The number of hydrogen-bond acceptors (Lipinski definition) is 5. The van der Waals surface area contributed by atoms with Gasteiger partial charge in [-0.25, -0.2) is 0 Å². The molecule has 1 unspecified atom stereocenters. The first-order chi connectivity index (χ1) is 8.47. The van der Waals surface area contributed by atoms with Gasteiger partial charge in [0, 0.05) is 13.7 Å². The van der Waals surface area contributed by atoms with Crippen LogP contribution in [0.3, 0.4) is 0 Å². The molecule has 18 heavy (non-hydrogen) atoms. The van der Waals surface area contributed by atoms with Crippen molar-refractivity contribution in [3.05, 3.63) is 33.9 Å². The van der Waals surface area contributed by atoms with Gasteiger partial charge in [0.05, 0.1) is 11.0 Å². The molecule has 0 fully saturated rings. The second-order valence-electron chi connectivity index (χ2n) is 3.76. The topological polar surface area (TPSA) is 107 Å². The number of nitrogen functional groups attached to an aromatic ring is 1. The number of rotatable bonds is 5. The molecular weight excluding hydrogens is 238 g/mol. The van der Waals surface area contributed by atoms with E-state index in [-0.39, 0.29) is 29.6 Å². The number of ether oxygens (including phenoxy) is 1. The van der Waals surface area contributed by atoms with Gasteiger partial charge in [-0.15, -0.1) is 0 Å². The van der Waals surface area contributed by atoms with E-state index in [1.807, 2.05) is 0 Å². The number of anilines is 1. The Labute approximate surface area is 104 Å². The number of hydrogen-bond donors (Lipinski definition) is 2. The zero-order chi connectivity index (χ0) is 13.7. The van der Waals surface area contributed by atoms with Crippen LogP contribution in [0.1, 0.15) is 17.3 Å². The number of nitrogens with zero attached hydrogens (tertiary/aromatic N) is 1. The summed E-state index contributed by atoms with van der Waals surface area (Å²) in [6, 6.07) is 4.24. The Morgan fingerprint density at radius 2 is 2.28 bits per heavy atom. The fourth-order valence-corrected chi connectivity index (χ4v) is 1.36. The van der Waals surface area contributed by atoms with Crippen molar-refractivity contribution in [2.75, 3.05) is 19.4 Å². The lowest BCUT2D eigenvalue weighted by Crippen LogP contribution is -2.32. The van der Waals surface area contributed by atoms with Crippen molar-refractivity contribution in [2.45, 2.75) is 13.0 Å². The number of methoxy groups -OCH3 is 1. The molecule has 0 saturated heterocycles.